The number of aliphatic carboxylic acids is 1. The number of rotatable bonds is 3. The molecule has 5 rings (SSSR count). The summed E-state index contributed by atoms with van der Waals surface area (Å²) in [6.07, 6.45) is 4.71. The molecule has 1 saturated heterocycles. The topological polar surface area (TPSA) is 95.7 Å². The second-order valence-electron chi connectivity index (χ2n) is 7.87. The van der Waals surface area contributed by atoms with Crippen LogP contribution in [0.15, 0.2) is 22.6 Å². The molecule has 3 fully saturated rings. The summed E-state index contributed by atoms with van der Waals surface area (Å²) in [5.74, 6) is 0.507. The predicted molar refractivity (Wildman–Crippen MR) is 94.0 cm³/mol. The van der Waals surface area contributed by atoms with Gasteiger partial charge in [0.15, 0.2) is 11.5 Å². The normalized spacial score (nSPS) is 27.7. The quantitative estimate of drug-likeness (QED) is 0.879. The Labute approximate surface area is 150 Å². The number of fused-ring (bicyclic) bond motifs is 2. The third-order valence-electron chi connectivity index (χ3n) is 6.17. The fraction of sp³-hybridized carbons (Fsp3) is 0.526. The van der Waals surface area contributed by atoms with Gasteiger partial charge in [0.25, 0.3) is 0 Å². The first-order chi connectivity index (χ1) is 12.5. The summed E-state index contributed by atoms with van der Waals surface area (Å²) < 4.78 is 5.74. The summed E-state index contributed by atoms with van der Waals surface area (Å²) in [5.41, 5.74) is 1.36. The van der Waals surface area contributed by atoms with Crippen LogP contribution >= 0.6 is 0 Å². The van der Waals surface area contributed by atoms with Crippen molar-refractivity contribution in [1.29, 1.82) is 0 Å². The zero-order chi connectivity index (χ0) is 17.9. The van der Waals surface area contributed by atoms with Gasteiger partial charge in [0, 0.05) is 24.7 Å². The molecule has 0 unspecified atom stereocenters. The molecule has 7 nitrogen and oxygen atoms in total. The van der Waals surface area contributed by atoms with Crippen molar-refractivity contribution in [3.8, 4) is 0 Å². The maximum absolute atomic E-state index is 12.6. The van der Waals surface area contributed by atoms with E-state index in [0.717, 1.165) is 42.7 Å². The smallest absolute Gasteiger partial charge is 0.321 e. The van der Waals surface area contributed by atoms with Crippen LogP contribution < -0.4 is 5.32 Å². The minimum Gasteiger partial charge on any atom is -0.481 e. The van der Waals surface area contributed by atoms with Crippen molar-refractivity contribution in [3.63, 3.8) is 0 Å². The number of anilines is 1. The van der Waals surface area contributed by atoms with Crippen molar-refractivity contribution in [3.05, 3.63) is 24.1 Å². The highest BCUT2D eigenvalue weighted by molar-refractivity contribution is 5.92. The van der Waals surface area contributed by atoms with Crippen molar-refractivity contribution < 1.29 is 19.1 Å². The summed E-state index contributed by atoms with van der Waals surface area (Å²) in [5, 5.41) is 12.5. The number of nitrogens with zero attached hydrogens (tertiary/aromatic N) is 2. The summed E-state index contributed by atoms with van der Waals surface area (Å²) in [7, 11) is 0. The molecule has 2 amide bonds. The van der Waals surface area contributed by atoms with Crippen molar-refractivity contribution in [2.75, 3.05) is 18.4 Å². The van der Waals surface area contributed by atoms with Gasteiger partial charge in [0.2, 0.25) is 0 Å². The lowest BCUT2D eigenvalue weighted by Crippen LogP contribution is -2.38. The van der Waals surface area contributed by atoms with Crippen molar-refractivity contribution in [2.24, 2.45) is 11.3 Å². The number of aromatic nitrogens is 1. The fourth-order valence-electron chi connectivity index (χ4n) is 4.52. The Kier molecular flexibility index (Phi) is 3.29. The van der Waals surface area contributed by atoms with E-state index in [1.54, 1.807) is 11.0 Å². The molecule has 136 valence electrons. The predicted octanol–water partition coefficient (Wildman–Crippen LogP) is 3.42. The zero-order valence-corrected chi connectivity index (χ0v) is 14.4. The van der Waals surface area contributed by atoms with Gasteiger partial charge < -0.3 is 19.7 Å². The van der Waals surface area contributed by atoms with Crippen LogP contribution in [-0.4, -0.2) is 40.1 Å². The fourth-order valence-corrected chi connectivity index (χ4v) is 4.52. The largest absolute Gasteiger partial charge is 0.481 e. The van der Waals surface area contributed by atoms with Crippen molar-refractivity contribution >= 4 is 28.8 Å². The van der Waals surface area contributed by atoms with Gasteiger partial charge in [-0.1, -0.05) is 6.42 Å². The third kappa shape index (κ3) is 2.37. The van der Waals surface area contributed by atoms with Gasteiger partial charge in [-0.3, -0.25) is 4.79 Å². The van der Waals surface area contributed by atoms with E-state index in [0.29, 0.717) is 24.6 Å². The Morgan fingerprint density at radius 2 is 2.15 bits per heavy atom. The van der Waals surface area contributed by atoms with Crippen molar-refractivity contribution in [1.82, 2.24) is 9.88 Å². The number of carbonyl (C=O) groups excluding carboxylic acids is 1. The molecule has 1 aliphatic heterocycles. The van der Waals surface area contributed by atoms with Crippen LogP contribution in [0.5, 0.6) is 0 Å². The van der Waals surface area contributed by atoms with E-state index in [1.165, 1.54) is 0 Å². The van der Waals surface area contributed by atoms with Gasteiger partial charge in [0.1, 0.15) is 5.52 Å². The maximum Gasteiger partial charge on any atom is 0.321 e. The number of hydrogen-bond acceptors (Lipinski definition) is 4. The number of carboxylic acids is 1. The summed E-state index contributed by atoms with van der Waals surface area (Å²) in [6.45, 7) is 0.799. The van der Waals surface area contributed by atoms with Gasteiger partial charge in [-0.2, -0.15) is 0 Å². The number of carboxylic acid groups (broad SMARTS) is 1. The van der Waals surface area contributed by atoms with E-state index in [9.17, 15) is 14.7 Å². The van der Waals surface area contributed by atoms with Gasteiger partial charge >= 0.3 is 12.0 Å². The minimum atomic E-state index is -0.771. The molecule has 1 aromatic carbocycles. The van der Waals surface area contributed by atoms with E-state index in [-0.39, 0.29) is 18.5 Å². The van der Waals surface area contributed by atoms with Crippen LogP contribution in [0.4, 0.5) is 10.5 Å². The van der Waals surface area contributed by atoms with Crippen LogP contribution in [0.3, 0.4) is 0 Å². The van der Waals surface area contributed by atoms with Crippen LogP contribution in [0.1, 0.15) is 43.9 Å². The number of amides is 2. The van der Waals surface area contributed by atoms with Crippen LogP contribution in [0.2, 0.25) is 0 Å². The monoisotopic (exact) mass is 355 g/mol. The molecule has 0 bridgehead atoms. The molecule has 26 heavy (non-hydrogen) atoms. The first-order valence-electron chi connectivity index (χ1n) is 9.25. The molecule has 2 N–H and O–H groups in total. The number of hydrogen-bond donors (Lipinski definition) is 2. The zero-order valence-electron chi connectivity index (χ0n) is 14.4. The molecule has 3 aliphatic rings. The Balaban J connectivity index is 1.32. The maximum atomic E-state index is 12.6. The van der Waals surface area contributed by atoms with E-state index in [1.807, 2.05) is 12.1 Å². The lowest BCUT2D eigenvalue weighted by molar-refractivity contribution is -0.149. The Morgan fingerprint density at radius 3 is 2.88 bits per heavy atom. The van der Waals surface area contributed by atoms with Gasteiger partial charge in [-0.25, -0.2) is 9.78 Å². The minimum absolute atomic E-state index is 0.0601. The number of urea groups is 1. The number of carbonyl (C=O) groups is 2. The summed E-state index contributed by atoms with van der Waals surface area (Å²) >= 11 is 0. The molecule has 1 aromatic heterocycles. The van der Waals surface area contributed by atoms with E-state index < -0.39 is 11.4 Å². The van der Waals surface area contributed by atoms with E-state index >= 15 is 0 Å². The Morgan fingerprint density at radius 1 is 1.31 bits per heavy atom. The lowest BCUT2D eigenvalue weighted by Gasteiger charge is -2.23. The Hall–Kier alpha value is -2.57. The second kappa shape index (κ2) is 5.46. The molecule has 2 heterocycles. The van der Waals surface area contributed by atoms with Crippen molar-refractivity contribution in [2.45, 2.75) is 38.0 Å². The van der Waals surface area contributed by atoms with Gasteiger partial charge in [-0.05, 0) is 49.8 Å². The molecule has 2 saturated carbocycles. The first kappa shape index (κ1) is 15.7. The molecule has 0 spiro atoms. The van der Waals surface area contributed by atoms with Gasteiger partial charge in [-0.15, -0.1) is 0 Å². The molecular formula is C19H21N3O4. The summed E-state index contributed by atoms with van der Waals surface area (Å²) in [4.78, 5) is 30.6. The molecule has 0 radical (unpaired) electrons. The second-order valence-corrected chi connectivity index (χ2v) is 7.87. The van der Waals surface area contributed by atoms with Crippen LogP contribution in [-0.2, 0) is 4.79 Å². The third-order valence-corrected chi connectivity index (χ3v) is 6.17. The molecular weight excluding hydrogens is 334 g/mol. The van der Waals surface area contributed by atoms with Crippen LogP contribution in [0.25, 0.3) is 11.1 Å². The number of oxazole rings is 1. The highest BCUT2D eigenvalue weighted by atomic mass is 16.4. The number of likely N-dealkylation sites (tertiary alicyclic amines) is 1. The average molecular weight is 355 g/mol. The highest BCUT2D eigenvalue weighted by Gasteiger charge is 2.55. The standard InChI is InChI=1S/C19H21N3O4/c23-17(24)19-7-1-2-12(19)9-22(10-19)18(25)20-13-5-6-15-14(8-13)21-16(26-15)11-3-4-11/h5-6,8,11-12H,1-4,7,9-10H2,(H,20,25)(H,23,24)/t12-,19+/m0/s1. The summed E-state index contributed by atoms with van der Waals surface area (Å²) in [6, 6.07) is 5.19. The average Bonchev–Trinajstić information content (AvgIpc) is 3.08. The molecule has 2 atom stereocenters. The van der Waals surface area contributed by atoms with Crippen LogP contribution in [0, 0.1) is 11.3 Å². The first-order valence-corrected chi connectivity index (χ1v) is 9.25. The number of benzene rings is 1. The highest BCUT2D eigenvalue weighted by Crippen LogP contribution is 2.49. The van der Waals surface area contributed by atoms with E-state index in [2.05, 4.69) is 10.3 Å². The van der Waals surface area contributed by atoms with E-state index in [4.69, 9.17) is 4.42 Å². The molecule has 7 heteroatoms. The molecule has 2 aromatic rings. The van der Waals surface area contributed by atoms with Gasteiger partial charge in [0.05, 0.1) is 5.41 Å². The lowest BCUT2D eigenvalue weighted by atomic mass is 9.81. The molecule has 2 aliphatic carbocycles. The number of nitrogens with one attached hydrogen (secondary N) is 1. The SMILES string of the molecule is O=C(Nc1ccc2oc(C3CC3)nc2c1)N1C[C@@H]2CCC[C@@]2(C(=O)O)C1. The Bertz CT molecular complexity index is 903.